The van der Waals surface area contributed by atoms with Crippen LogP contribution in [-0.4, -0.2) is 30.1 Å². The summed E-state index contributed by atoms with van der Waals surface area (Å²) in [6, 6.07) is 0.812. The second-order valence-electron chi connectivity index (χ2n) is 3.35. The van der Waals surface area contributed by atoms with Crippen LogP contribution in [0.1, 0.15) is 17.8 Å². The van der Waals surface area contributed by atoms with Gasteiger partial charge in [0.05, 0.1) is 31.6 Å². The molecule has 104 valence electrons. The van der Waals surface area contributed by atoms with E-state index in [1.54, 1.807) is 0 Å². The zero-order chi connectivity index (χ0) is 14.6. The molecule has 0 saturated heterocycles. The summed E-state index contributed by atoms with van der Waals surface area (Å²) in [5.74, 6) is -1.23. The Morgan fingerprint density at radius 1 is 1.53 bits per heavy atom. The molecule has 1 rings (SSSR count). The van der Waals surface area contributed by atoms with E-state index in [1.807, 2.05) is 0 Å². The third kappa shape index (κ3) is 3.33. The van der Waals surface area contributed by atoms with Gasteiger partial charge in [-0.25, -0.2) is 13.8 Å². The van der Waals surface area contributed by atoms with Gasteiger partial charge in [0.2, 0.25) is 0 Å². The molecule has 7 nitrogen and oxygen atoms in total. The highest BCUT2D eigenvalue weighted by Gasteiger charge is 2.26. The highest BCUT2D eigenvalue weighted by atomic mass is 19.3. The van der Waals surface area contributed by atoms with Gasteiger partial charge in [-0.15, -0.1) is 0 Å². The van der Waals surface area contributed by atoms with E-state index in [4.69, 9.17) is 0 Å². The minimum Gasteiger partial charge on any atom is -0.494 e. The zero-order valence-electron chi connectivity index (χ0n) is 10.1. The summed E-state index contributed by atoms with van der Waals surface area (Å²) in [6.45, 7) is 0. The summed E-state index contributed by atoms with van der Waals surface area (Å²) in [6.07, 6.45) is -3.55. The second kappa shape index (κ2) is 6.03. The number of rotatable bonds is 5. The molecule has 0 bridgehead atoms. The molecule has 9 heteroatoms. The first-order valence-electron chi connectivity index (χ1n) is 4.97. The van der Waals surface area contributed by atoms with E-state index in [9.17, 15) is 23.7 Å². The fourth-order valence-corrected chi connectivity index (χ4v) is 1.36. The SMILES string of the molecule is COC(=O)Cc1nc(C(F)F)c(OC)cc1[N+](=O)[O-]. The minimum absolute atomic E-state index is 0.395. The first-order valence-corrected chi connectivity index (χ1v) is 4.97. The number of methoxy groups -OCH3 is 2. The molecule has 1 aromatic rings. The molecule has 0 spiro atoms. The zero-order valence-corrected chi connectivity index (χ0v) is 10.1. The van der Waals surface area contributed by atoms with E-state index in [1.165, 1.54) is 0 Å². The Balaban J connectivity index is 3.36. The molecule has 0 fully saturated rings. The average Bonchev–Trinajstić information content (AvgIpc) is 2.37. The molecule has 0 N–H and O–H groups in total. The van der Waals surface area contributed by atoms with Crippen LogP contribution >= 0.6 is 0 Å². The number of hydrogen-bond donors (Lipinski definition) is 0. The third-order valence-corrected chi connectivity index (χ3v) is 2.23. The van der Waals surface area contributed by atoms with Crippen LogP contribution in [-0.2, 0) is 16.0 Å². The largest absolute Gasteiger partial charge is 0.494 e. The van der Waals surface area contributed by atoms with E-state index < -0.39 is 46.6 Å². The molecular weight excluding hydrogens is 266 g/mol. The molecular formula is C10H10F2N2O5. The average molecular weight is 276 g/mol. The molecule has 0 saturated carbocycles. The van der Waals surface area contributed by atoms with Crippen molar-refractivity contribution in [3.8, 4) is 5.75 Å². The molecule has 0 aromatic carbocycles. The summed E-state index contributed by atoms with van der Waals surface area (Å²) in [4.78, 5) is 24.5. The Morgan fingerprint density at radius 2 is 2.16 bits per heavy atom. The van der Waals surface area contributed by atoms with E-state index in [2.05, 4.69) is 14.5 Å². The van der Waals surface area contributed by atoms with Gasteiger partial charge in [0.25, 0.3) is 12.1 Å². The third-order valence-electron chi connectivity index (χ3n) is 2.23. The van der Waals surface area contributed by atoms with Crippen LogP contribution in [0.2, 0.25) is 0 Å². The lowest BCUT2D eigenvalue weighted by atomic mass is 10.2. The molecule has 0 aliphatic heterocycles. The Bertz CT molecular complexity index is 507. The summed E-state index contributed by atoms with van der Waals surface area (Å²) in [5.41, 5.74) is -1.73. The number of pyridine rings is 1. The van der Waals surface area contributed by atoms with Crippen molar-refractivity contribution in [3.63, 3.8) is 0 Å². The number of nitrogens with zero attached hydrogens (tertiary/aromatic N) is 2. The quantitative estimate of drug-likeness (QED) is 0.461. The first-order chi connectivity index (χ1) is 8.90. The number of carbonyl (C=O) groups excluding carboxylic acids is 1. The van der Waals surface area contributed by atoms with Crippen molar-refractivity contribution in [1.82, 2.24) is 4.98 Å². The molecule has 1 aromatic heterocycles. The fraction of sp³-hybridized carbons (Fsp3) is 0.400. The number of nitro groups is 1. The number of carbonyl (C=O) groups is 1. The van der Waals surface area contributed by atoms with Gasteiger partial charge in [-0.2, -0.15) is 0 Å². The van der Waals surface area contributed by atoms with Crippen molar-refractivity contribution < 1.29 is 28.0 Å². The van der Waals surface area contributed by atoms with Gasteiger partial charge in [0.1, 0.15) is 11.4 Å². The summed E-state index contributed by atoms with van der Waals surface area (Å²) in [5, 5.41) is 10.8. The minimum atomic E-state index is -2.98. The van der Waals surface area contributed by atoms with Crippen LogP contribution in [0.5, 0.6) is 5.75 Å². The summed E-state index contributed by atoms with van der Waals surface area (Å²) < 4.78 is 34.4. The predicted octanol–water partition coefficient (Wildman–Crippen LogP) is 1.65. The second-order valence-corrected chi connectivity index (χ2v) is 3.35. The van der Waals surface area contributed by atoms with Gasteiger partial charge in [-0.05, 0) is 0 Å². The van der Waals surface area contributed by atoms with Crippen molar-refractivity contribution in [1.29, 1.82) is 0 Å². The van der Waals surface area contributed by atoms with Crippen molar-refractivity contribution in [2.45, 2.75) is 12.8 Å². The smallest absolute Gasteiger partial charge is 0.311 e. The van der Waals surface area contributed by atoms with Crippen LogP contribution in [0.4, 0.5) is 14.5 Å². The maximum absolute atomic E-state index is 12.7. The Kier molecular flexibility index (Phi) is 4.67. The van der Waals surface area contributed by atoms with Gasteiger partial charge < -0.3 is 9.47 Å². The molecule has 0 aliphatic rings. The molecule has 1 heterocycles. The lowest BCUT2D eigenvalue weighted by Crippen LogP contribution is -2.11. The lowest BCUT2D eigenvalue weighted by Gasteiger charge is -2.09. The Morgan fingerprint density at radius 3 is 2.58 bits per heavy atom. The molecule has 0 unspecified atom stereocenters. The molecule has 0 amide bonds. The molecule has 0 aliphatic carbocycles. The van der Waals surface area contributed by atoms with Crippen molar-refractivity contribution in [2.75, 3.05) is 14.2 Å². The van der Waals surface area contributed by atoms with Crippen LogP contribution in [0.3, 0.4) is 0 Å². The number of halogens is 2. The van der Waals surface area contributed by atoms with Crippen molar-refractivity contribution in [2.24, 2.45) is 0 Å². The molecule has 0 atom stereocenters. The van der Waals surface area contributed by atoms with Gasteiger partial charge in [0, 0.05) is 0 Å². The van der Waals surface area contributed by atoms with Gasteiger partial charge in [-0.1, -0.05) is 0 Å². The van der Waals surface area contributed by atoms with E-state index in [-0.39, 0.29) is 0 Å². The Labute approximate surface area is 106 Å². The maximum Gasteiger partial charge on any atom is 0.311 e. The van der Waals surface area contributed by atoms with Crippen LogP contribution < -0.4 is 4.74 Å². The van der Waals surface area contributed by atoms with Gasteiger partial charge in [-0.3, -0.25) is 14.9 Å². The summed E-state index contributed by atoms with van der Waals surface area (Å²) >= 11 is 0. The fourth-order valence-electron chi connectivity index (χ4n) is 1.36. The molecule has 0 radical (unpaired) electrons. The highest BCUT2D eigenvalue weighted by molar-refractivity contribution is 5.73. The van der Waals surface area contributed by atoms with E-state index >= 15 is 0 Å². The van der Waals surface area contributed by atoms with Crippen LogP contribution in [0, 0.1) is 10.1 Å². The number of esters is 1. The van der Waals surface area contributed by atoms with Crippen molar-refractivity contribution >= 4 is 11.7 Å². The van der Waals surface area contributed by atoms with Crippen LogP contribution in [0.15, 0.2) is 6.07 Å². The number of alkyl halides is 2. The normalized spacial score (nSPS) is 10.4. The van der Waals surface area contributed by atoms with E-state index in [0.717, 1.165) is 20.3 Å². The Hall–Kier alpha value is -2.32. The van der Waals surface area contributed by atoms with Gasteiger partial charge in [0.15, 0.2) is 5.75 Å². The standard InChI is InChI=1S/C10H10F2N2O5/c1-18-7-4-6(14(16)17)5(3-8(15)19-2)13-9(7)10(11)12/h4,10H,3H2,1-2H3. The van der Waals surface area contributed by atoms with E-state index in [0.29, 0.717) is 0 Å². The first kappa shape index (κ1) is 14.7. The maximum atomic E-state index is 12.7. The summed E-state index contributed by atoms with van der Waals surface area (Å²) in [7, 11) is 2.16. The predicted molar refractivity (Wildman–Crippen MR) is 58.1 cm³/mol. The molecule has 19 heavy (non-hydrogen) atoms. The van der Waals surface area contributed by atoms with Crippen LogP contribution in [0.25, 0.3) is 0 Å². The topological polar surface area (TPSA) is 91.6 Å². The lowest BCUT2D eigenvalue weighted by molar-refractivity contribution is -0.386. The number of ether oxygens (including phenoxy) is 2. The number of hydrogen-bond acceptors (Lipinski definition) is 6. The monoisotopic (exact) mass is 276 g/mol. The van der Waals surface area contributed by atoms with Gasteiger partial charge >= 0.3 is 5.97 Å². The number of aromatic nitrogens is 1. The van der Waals surface area contributed by atoms with Crippen molar-refractivity contribution in [3.05, 3.63) is 27.6 Å². The highest BCUT2D eigenvalue weighted by Crippen LogP contribution is 2.32.